The van der Waals surface area contributed by atoms with Crippen LogP contribution in [-0.4, -0.2) is 27.2 Å². The molecule has 152 valence electrons. The van der Waals surface area contributed by atoms with Crippen molar-refractivity contribution < 1.29 is 23.4 Å². The Hall–Kier alpha value is -2.83. The van der Waals surface area contributed by atoms with E-state index in [4.69, 9.17) is 41.8 Å². The maximum atomic E-state index is 12.6. The first kappa shape index (κ1) is 20.9. The van der Waals surface area contributed by atoms with Crippen LogP contribution in [0.4, 0.5) is 0 Å². The van der Waals surface area contributed by atoms with Crippen LogP contribution in [-0.2, 0) is 6.54 Å². The summed E-state index contributed by atoms with van der Waals surface area (Å²) in [5.74, 6) is 2.06. The van der Waals surface area contributed by atoms with Gasteiger partial charge in [0.05, 0.1) is 32.9 Å². The molecule has 1 N–H and O–H groups in total. The number of carbonyl (C=O) groups excluding carboxylic acids is 1. The number of halogens is 2. The van der Waals surface area contributed by atoms with Crippen LogP contribution in [0.1, 0.15) is 16.1 Å². The van der Waals surface area contributed by atoms with E-state index in [-0.39, 0.29) is 12.5 Å². The highest BCUT2D eigenvalue weighted by Gasteiger charge is 2.17. The van der Waals surface area contributed by atoms with Gasteiger partial charge in [0, 0.05) is 16.1 Å². The third-order valence-electron chi connectivity index (χ3n) is 4.21. The Morgan fingerprint density at radius 3 is 2.24 bits per heavy atom. The molecule has 0 saturated carbocycles. The SMILES string of the molecule is COc1cc(C(=O)NCc2ccc(-c3ccc(Cl)cc3Cl)o2)cc(OC)c1OC. The Labute approximate surface area is 178 Å². The van der Waals surface area contributed by atoms with Crippen molar-refractivity contribution in [2.24, 2.45) is 0 Å². The normalized spacial score (nSPS) is 10.5. The highest BCUT2D eigenvalue weighted by molar-refractivity contribution is 6.36. The minimum atomic E-state index is -0.313. The third-order valence-corrected chi connectivity index (χ3v) is 4.76. The Kier molecular flexibility index (Phi) is 6.56. The molecular weight excluding hydrogens is 417 g/mol. The fourth-order valence-corrected chi connectivity index (χ4v) is 3.29. The molecule has 0 spiro atoms. The minimum Gasteiger partial charge on any atom is -0.493 e. The van der Waals surface area contributed by atoms with E-state index >= 15 is 0 Å². The molecule has 0 aliphatic carbocycles. The van der Waals surface area contributed by atoms with Crippen molar-refractivity contribution in [1.29, 1.82) is 0 Å². The monoisotopic (exact) mass is 435 g/mol. The molecule has 0 radical (unpaired) electrons. The van der Waals surface area contributed by atoms with Gasteiger partial charge >= 0.3 is 0 Å². The van der Waals surface area contributed by atoms with Crippen LogP contribution < -0.4 is 19.5 Å². The molecule has 1 heterocycles. The second kappa shape index (κ2) is 9.11. The van der Waals surface area contributed by atoms with Gasteiger partial charge in [-0.25, -0.2) is 0 Å². The third kappa shape index (κ3) is 4.60. The summed E-state index contributed by atoms with van der Waals surface area (Å²) in [6.07, 6.45) is 0. The van der Waals surface area contributed by atoms with Gasteiger partial charge in [0.1, 0.15) is 11.5 Å². The fraction of sp³-hybridized carbons (Fsp3) is 0.190. The maximum absolute atomic E-state index is 12.6. The number of nitrogens with one attached hydrogen (secondary N) is 1. The standard InChI is InChI=1S/C21H19Cl2NO5/c1-26-18-8-12(9-19(27-2)20(18)28-3)21(25)24-11-14-5-7-17(29-14)15-6-4-13(22)10-16(15)23/h4-10H,11H2,1-3H3,(H,24,25). The first-order valence-electron chi connectivity index (χ1n) is 8.59. The molecule has 0 aliphatic rings. The lowest BCUT2D eigenvalue weighted by atomic mass is 10.1. The zero-order valence-corrected chi connectivity index (χ0v) is 17.6. The van der Waals surface area contributed by atoms with E-state index in [1.165, 1.54) is 21.3 Å². The van der Waals surface area contributed by atoms with E-state index < -0.39 is 0 Å². The maximum Gasteiger partial charge on any atom is 0.251 e. The molecule has 0 saturated heterocycles. The zero-order chi connectivity index (χ0) is 21.0. The topological polar surface area (TPSA) is 69.9 Å². The molecule has 29 heavy (non-hydrogen) atoms. The molecule has 6 nitrogen and oxygen atoms in total. The predicted octanol–water partition coefficient (Wildman–Crippen LogP) is 5.21. The van der Waals surface area contributed by atoms with Gasteiger partial charge in [-0.15, -0.1) is 0 Å². The summed E-state index contributed by atoms with van der Waals surface area (Å²) >= 11 is 12.1. The molecule has 0 aliphatic heterocycles. The minimum absolute atomic E-state index is 0.195. The summed E-state index contributed by atoms with van der Waals surface area (Å²) in [4.78, 5) is 12.6. The molecule has 2 aromatic carbocycles. The van der Waals surface area contributed by atoms with E-state index in [1.54, 1.807) is 42.5 Å². The largest absolute Gasteiger partial charge is 0.493 e. The number of hydrogen-bond donors (Lipinski definition) is 1. The van der Waals surface area contributed by atoms with Crippen molar-refractivity contribution in [2.45, 2.75) is 6.54 Å². The van der Waals surface area contributed by atoms with Gasteiger partial charge in [-0.3, -0.25) is 4.79 Å². The highest BCUT2D eigenvalue weighted by atomic mass is 35.5. The average molecular weight is 436 g/mol. The number of rotatable bonds is 7. The van der Waals surface area contributed by atoms with Crippen molar-refractivity contribution in [3.63, 3.8) is 0 Å². The molecule has 3 rings (SSSR count). The number of amides is 1. The highest BCUT2D eigenvalue weighted by Crippen LogP contribution is 2.38. The van der Waals surface area contributed by atoms with Crippen LogP contribution in [0.15, 0.2) is 46.9 Å². The average Bonchev–Trinajstić information content (AvgIpc) is 3.19. The summed E-state index contributed by atoms with van der Waals surface area (Å²) in [7, 11) is 4.48. The van der Waals surface area contributed by atoms with Gasteiger partial charge in [-0.1, -0.05) is 23.2 Å². The number of benzene rings is 2. The van der Waals surface area contributed by atoms with Crippen LogP contribution in [0.5, 0.6) is 17.2 Å². The Morgan fingerprint density at radius 2 is 1.66 bits per heavy atom. The van der Waals surface area contributed by atoms with Gasteiger partial charge in [0.25, 0.3) is 5.91 Å². The molecule has 1 aromatic heterocycles. The summed E-state index contributed by atoms with van der Waals surface area (Å²) in [6, 6.07) is 11.9. The number of carbonyl (C=O) groups is 1. The van der Waals surface area contributed by atoms with Gasteiger partial charge in [0.2, 0.25) is 5.75 Å². The lowest BCUT2D eigenvalue weighted by Gasteiger charge is -2.14. The molecule has 0 bridgehead atoms. The first-order valence-corrected chi connectivity index (χ1v) is 9.34. The molecule has 1 amide bonds. The van der Waals surface area contributed by atoms with E-state index in [0.717, 1.165) is 5.56 Å². The number of hydrogen-bond acceptors (Lipinski definition) is 5. The van der Waals surface area contributed by atoms with E-state index in [9.17, 15) is 4.79 Å². The number of furan rings is 1. The summed E-state index contributed by atoms with van der Waals surface area (Å²) in [6.45, 7) is 0.195. The van der Waals surface area contributed by atoms with Gasteiger partial charge in [0.15, 0.2) is 11.5 Å². The molecular formula is C21H19Cl2NO5. The molecule has 0 atom stereocenters. The molecule has 0 fully saturated rings. The fourth-order valence-electron chi connectivity index (χ4n) is 2.79. The van der Waals surface area contributed by atoms with E-state index in [1.807, 2.05) is 0 Å². The summed E-state index contributed by atoms with van der Waals surface area (Å²) in [5.41, 5.74) is 1.09. The smallest absolute Gasteiger partial charge is 0.251 e. The van der Waals surface area contributed by atoms with Crippen LogP contribution in [0.3, 0.4) is 0 Å². The van der Waals surface area contributed by atoms with Gasteiger partial charge in [-0.2, -0.15) is 0 Å². The van der Waals surface area contributed by atoms with Crippen LogP contribution in [0, 0.1) is 0 Å². The van der Waals surface area contributed by atoms with Crippen molar-refractivity contribution in [3.8, 4) is 28.6 Å². The number of methoxy groups -OCH3 is 3. The van der Waals surface area contributed by atoms with Gasteiger partial charge < -0.3 is 23.9 Å². The quantitative estimate of drug-likeness (QED) is 0.551. The Morgan fingerprint density at radius 1 is 0.966 bits per heavy atom. The Bertz CT molecular complexity index is 1010. The molecule has 0 unspecified atom stereocenters. The van der Waals surface area contributed by atoms with Gasteiger partial charge in [-0.05, 0) is 42.5 Å². The lowest BCUT2D eigenvalue weighted by molar-refractivity contribution is 0.0947. The van der Waals surface area contributed by atoms with Crippen molar-refractivity contribution in [1.82, 2.24) is 5.32 Å². The van der Waals surface area contributed by atoms with Crippen molar-refractivity contribution in [3.05, 3.63) is 63.8 Å². The van der Waals surface area contributed by atoms with Crippen molar-refractivity contribution in [2.75, 3.05) is 21.3 Å². The number of ether oxygens (including phenoxy) is 3. The van der Waals surface area contributed by atoms with E-state index in [0.29, 0.717) is 44.4 Å². The summed E-state index contributed by atoms with van der Waals surface area (Å²) < 4.78 is 21.6. The lowest BCUT2D eigenvalue weighted by Crippen LogP contribution is -2.22. The molecule has 3 aromatic rings. The first-order chi connectivity index (χ1) is 14.0. The van der Waals surface area contributed by atoms with Crippen LogP contribution in [0.2, 0.25) is 10.0 Å². The second-order valence-corrected chi connectivity index (χ2v) is 6.83. The molecule has 8 heteroatoms. The second-order valence-electron chi connectivity index (χ2n) is 5.99. The van der Waals surface area contributed by atoms with E-state index in [2.05, 4.69) is 5.32 Å². The van der Waals surface area contributed by atoms with Crippen molar-refractivity contribution >= 4 is 29.1 Å². The zero-order valence-electron chi connectivity index (χ0n) is 16.0. The van der Waals surface area contributed by atoms with Crippen LogP contribution in [0.25, 0.3) is 11.3 Å². The van der Waals surface area contributed by atoms with Crippen LogP contribution >= 0.6 is 23.2 Å². The Balaban J connectivity index is 1.74. The summed E-state index contributed by atoms with van der Waals surface area (Å²) in [5, 5.41) is 3.84. The predicted molar refractivity (Wildman–Crippen MR) is 111 cm³/mol.